The molecule has 1 unspecified atom stereocenters. The Kier molecular flexibility index (Phi) is 3.66. The Morgan fingerprint density at radius 1 is 1.00 bits per heavy atom. The van der Waals surface area contributed by atoms with E-state index in [-0.39, 0.29) is 0 Å². The molecular formula is C24H21N5. The minimum Gasteiger partial charge on any atom is -0.379 e. The molecular weight excluding hydrogens is 358 g/mol. The molecule has 5 nitrogen and oxygen atoms in total. The van der Waals surface area contributed by atoms with Crippen LogP contribution in [0.2, 0.25) is 0 Å². The van der Waals surface area contributed by atoms with Gasteiger partial charge in [-0.25, -0.2) is 9.97 Å². The number of aromatic nitrogens is 2. The van der Waals surface area contributed by atoms with Gasteiger partial charge >= 0.3 is 0 Å². The topological polar surface area (TPSA) is 44.3 Å². The van der Waals surface area contributed by atoms with E-state index in [2.05, 4.69) is 91.8 Å². The molecule has 0 fully saturated rings. The van der Waals surface area contributed by atoms with E-state index in [9.17, 15) is 0 Å². The zero-order valence-corrected chi connectivity index (χ0v) is 16.0. The monoisotopic (exact) mass is 379 g/mol. The Bertz CT molecular complexity index is 1130. The number of para-hydroxylation sites is 2. The van der Waals surface area contributed by atoms with Crippen LogP contribution in [0.3, 0.4) is 0 Å². The molecule has 0 saturated carbocycles. The van der Waals surface area contributed by atoms with Crippen LogP contribution >= 0.6 is 0 Å². The van der Waals surface area contributed by atoms with E-state index < -0.39 is 0 Å². The Hall–Kier alpha value is -3.60. The molecule has 6 rings (SSSR count). The lowest BCUT2D eigenvalue weighted by Gasteiger charge is -2.34. The summed E-state index contributed by atoms with van der Waals surface area (Å²) < 4.78 is 0. The van der Waals surface area contributed by atoms with Gasteiger partial charge in [0.1, 0.15) is 6.33 Å². The van der Waals surface area contributed by atoms with Crippen LogP contribution in [0, 0.1) is 0 Å². The second-order valence-electron chi connectivity index (χ2n) is 7.54. The smallest absolute Gasteiger partial charge is 0.159 e. The van der Waals surface area contributed by atoms with Crippen molar-refractivity contribution in [3.05, 3.63) is 90.5 Å². The fourth-order valence-corrected chi connectivity index (χ4v) is 4.69. The SMILES string of the molecule is C1=C2c3ccccc3N(c3ccccc3)C2CC=C1N1CCNc2cncnc21. The Morgan fingerprint density at radius 3 is 2.79 bits per heavy atom. The van der Waals surface area contributed by atoms with Crippen molar-refractivity contribution in [2.45, 2.75) is 12.5 Å². The summed E-state index contributed by atoms with van der Waals surface area (Å²) in [6.07, 6.45) is 9.16. The summed E-state index contributed by atoms with van der Waals surface area (Å²) in [6.45, 7) is 1.78. The van der Waals surface area contributed by atoms with Crippen LogP contribution < -0.4 is 15.1 Å². The van der Waals surface area contributed by atoms with Gasteiger partial charge in [0, 0.05) is 35.7 Å². The third kappa shape index (κ3) is 2.54. The Labute approximate surface area is 170 Å². The van der Waals surface area contributed by atoms with Gasteiger partial charge in [0.05, 0.1) is 17.9 Å². The van der Waals surface area contributed by atoms with Crippen molar-refractivity contribution in [3.63, 3.8) is 0 Å². The van der Waals surface area contributed by atoms with Gasteiger partial charge in [-0.15, -0.1) is 0 Å². The maximum absolute atomic E-state index is 4.54. The lowest BCUT2D eigenvalue weighted by atomic mass is 9.93. The first-order valence-corrected chi connectivity index (χ1v) is 10.1. The lowest BCUT2D eigenvalue weighted by Crippen LogP contribution is -2.35. The molecule has 142 valence electrons. The second kappa shape index (κ2) is 6.48. The van der Waals surface area contributed by atoms with Crippen LogP contribution in [0.15, 0.2) is 85.0 Å². The van der Waals surface area contributed by atoms with Crippen LogP contribution in [0.4, 0.5) is 22.9 Å². The number of benzene rings is 2. The van der Waals surface area contributed by atoms with Gasteiger partial charge in [-0.3, -0.25) is 0 Å². The van der Waals surface area contributed by atoms with Gasteiger partial charge < -0.3 is 15.1 Å². The van der Waals surface area contributed by atoms with Crippen molar-refractivity contribution < 1.29 is 0 Å². The van der Waals surface area contributed by atoms with Crippen molar-refractivity contribution >= 4 is 28.5 Å². The fourth-order valence-electron chi connectivity index (χ4n) is 4.69. The predicted molar refractivity (Wildman–Crippen MR) is 117 cm³/mol. The molecule has 1 N–H and O–H groups in total. The Balaban J connectivity index is 1.43. The quantitative estimate of drug-likeness (QED) is 0.705. The predicted octanol–water partition coefficient (Wildman–Crippen LogP) is 4.60. The van der Waals surface area contributed by atoms with Gasteiger partial charge in [-0.1, -0.05) is 42.5 Å². The number of hydrogen-bond donors (Lipinski definition) is 1. The molecule has 2 aromatic carbocycles. The molecule has 1 aromatic heterocycles. The lowest BCUT2D eigenvalue weighted by molar-refractivity contribution is 0.800. The summed E-state index contributed by atoms with van der Waals surface area (Å²) in [5.41, 5.74) is 7.46. The highest BCUT2D eigenvalue weighted by atomic mass is 15.3. The first kappa shape index (κ1) is 16.4. The number of allylic oxidation sites excluding steroid dienone is 1. The van der Waals surface area contributed by atoms with Crippen LogP contribution in [-0.2, 0) is 0 Å². The molecule has 3 aromatic rings. The van der Waals surface area contributed by atoms with Crippen molar-refractivity contribution in [3.8, 4) is 0 Å². The Morgan fingerprint density at radius 2 is 1.86 bits per heavy atom. The summed E-state index contributed by atoms with van der Waals surface area (Å²) in [5, 5.41) is 3.40. The molecule has 3 heterocycles. The van der Waals surface area contributed by atoms with E-state index in [1.54, 1.807) is 6.33 Å². The summed E-state index contributed by atoms with van der Waals surface area (Å²) in [4.78, 5) is 13.5. The number of nitrogens with zero attached hydrogens (tertiary/aromatic N) is 4. The van der Waals surface area contributed by atoms with E-state index in [1.807, 2.05) is 6.20 Å². The van der Waals surface area contributed by atoms with E-state index in [4.69, 9.17) is 0 Å². The van der Waals surface area contributed by atoms with Gasteiger partial charge in [-0.2, -0.15) is 0 Å². The van der Waals surface area contributed by atoms with E-state index in [1.165, 1.54) is 28.2 Å². The van der Waals surface area contributed by atoms with Gasteiger partial charge in [0.25, 0.3) is 0 Å². The van der Waals surface area contributed by atoms with E-state index in [0.717, 1.165) is 31.0 Å². The highest BCUT2D eigenvalue weighted by Crippen LogP contribution is 2.48. The largest absolute Gasteiger partial charge is 0.379 e. The minimum absolute atomic E-state index is 0.325. The normalized spacial score (nSPS) is 19.5. The molecule has 0 spiro atoms. The summed E-state index contributed by atoms with van der Waals surface area (Å²) in [7, 11) is 0. The standard InChI is InChI=1S/C24H21N5/c1-2-6-17(7-3-1)29-22-9-5-4-8-19(22)20-14-18(10-11-23(20)29)28-13-12-26-21-15-25-16-27-24(21)28/h1-10,14-16,23,26H,11-13H2. The molecule has 5 heteroatoms. The van der Waals surface area contributed by atoms with Gasteiger partial charge in [-0.05, 0) is 36.3 Å². The third-order valence-corrected chi connectivity index (χ3v) is 5.94. The van der Waals surface area contributed by atoms with Crippen LogP contribution in [0.5, 0.6) is 0 Å². The van der Waals surface area contributed by atoms with Crippen molar-refractivity contribution in [1.29, 1.82) is 0 Å². The molecule has 0 saturated heterocycles. The maximum Gasteiger partial charge on any atom is 0.159 e. The highest BCUT2D eigenvalue weighted by Gasteiger charge is 2.36. The fraction of sp³-hybridized carbons (Fsp3) is 0.167. The van der Waals surface area contributed by atoms with Crippen molar-refractivity contribution in [2.75, 3.05) is 28.2 Å². The zero-order chi connectivity index (χ0) is 19.2. The molecule has 1 atom stereocenters. The molecule has 29 heavy (non-hydrogen) atoms. The molecule has 2 aliphatic heterocycles. The highest BCUT2D eigenvalue weighted by molar-refractivity contribution is 5.94. The first-order chi connectivity index (χ1) is 14.4. The minimum atomic E-state index is 0.325. The van der Waals surface area contributed by atoms with Crippen LogP contribution in [0.25, 0.3) is 5.57 Å². The maximum atomic E-state index is 4.54. The van der Waals surface area contributed by atoms with Gasteiger partial charge in [0.15, 0.2) is 5.82 Å². The van der Waals surface area contributed by atoms with Crippen molar-refractivity contribution in [1.82, 2.24) is 9.97 Å². The average Bonchev–Trinajstić information content (AvgIpc) is 3.13. The van der Waals surface area contributed by atoms with E-state index >= 15 is 0 Å². The molecule has 1 aliphatic carbocycles. The zero-order valence-electron chi connectivity index (χ0n) is 16.0. The number of rotatable bonds is 2. The second-order valence-corrected chi connectivity index (χ2v) is 7.54. The van der Waals surface area contributed by atoms with Crippen LogP contribution in [-0.4, -0.2) is 29.1 Å². The van der Waals surface area contributed by atoms with Crippen molar-refractivity contribution in [2.24, 2.45) is 0 Å². The van der Waals surface area contributed by atoms with Crippen LogP contribution in [0.1, 0.15) is 12.0 Å². The number of hydrogen-bond acceptors (Lipinski definition) is 5. The average molecular weight is 379 g/mol. The number of fused-ring (bicyclic) bond motifs is 4. The first-order valence-electron chi connectivity index (χ1n) is 10.1. The molecule has 0 amide bonds. The number of nitrogens with one attached hydrogen (secondary N) is 1. The molecule has 0 radical (unpaired) electrons. The number of anilines is 4. The summed E-state index contributed by atoms with van der Waals surface area (Å²) >= 11 is 0. The molecule has 3 aliphatic rings. The van der Waals surface area contributed by atoms with Gasteiger partial charge in [0.2, 0.25) is 0 Å². The summed E-state index contributed by atoms with van der Waals surface area (Å²) in [6, 6.07) is 19.8. The molecule has 0 bridgehead atoms. The van der Waals surface area contributed by atoms with E-state index in [0.29, 0.717) is 6.04 Å². The summed E-state index contributed by atoms with van der Waals surface area (Å²) in [5.74, 6) is 0.957. The third-order valence-electron chi connectivity index (χ3n) is 5.94.